The molecular formula is C59H44Cl3F3N6. The Morgan fingerprint density at radius 3 is 1.45 bits per heavy atom. The van der Waals surface area contributed by atoms with Crippen molar-refractivity contribution in [3.8, 4) is 22.3 Å². The van der Waals surface area contributed by atoms with Crippen molar-refractivity contribution < 1.29 is 13.2 Å². The Morgan fingerprint density at radius 2 is 0.944 bits per heavy atom. The van der Waals surface area contributed by atoms with Crippen molar-refractivity contribution in [2.75, 3.05) is 10.0 Å². The lowest BCUT2D eigenvalue weighted by Gasteiger charge is -2.40. The lowest BCUT2D eigenvalue weighted by atomic mass is 9.95. The van der Waals surface area contributed by atoms with Crippen LogP contribution >= 0.6 is 34.8 Å². The maximum atomic E-state index is 15.2. The quantitative estimate of drug-likeness (QED) is 0.107. The summed E-state index contributed by atoms with van der Waals surface area (Å²) in [4.78, 5) is 0. The van der Waals surface area contributed by atoms with Crippen molar-refractivity contribution in [3.63, 3.8) is 0 Å². The number of hydrogen-bond acceptors (Lipinski definition) is 6. The van der Waals surface area contributed by atoms with Crippen molar-refractivity contribution in [2.24, 2.45) is 0 Å². The summed E-state index contributed by atoms with van der Waals surface area (Å²) in [5, 5.41) is 25.4. The van der Waals surface area contributed by atoms with Gasteiger partial charge in [0.1, 0.15) is 11.0 Å². The number of anilines is 2. The van der Waals surface area contributed by atoms with Crippen LogP contribution in [0, 0.1) is 13.8 Å². The van der Waals surface area contributed by atoms with Crippen LogP contribution in [0.2, 0.25) is 15.1 Å². The number of hydrogen-bond donors (Lipinski definition) is 0. The van der Waals surface area contributed by atoms with Gasteiger partial charge in [-0.25, -0.2) is 0 Å². The molecule has 0 unspecified atom stereocenters. The standard InChI is InChI=1S/C59H44Cl3F3N6/c1-37-14-9-21-43(38(37)2)35-70(46-22-10-19-41(33-46)55-48-24-12-26-51(61)57(48)68-66-53(55)30-39-15-5-3-6-16-39)71(36-44-32-45(60)28-29-50(44)59(63,64)65)47-23-11-20-42(34-47)56-49-25-13-27-52(62)58(49)69-67-54(56)31-40-17-7-4-8-18-40/h3-29,32-34H,30-31,35-36H2,1-2H3. The number of aromatic nitrogens is 4. The molecule has 0 fully saturated rings. The molecule has 71 heavy (non-hydrogen) atoms. The summed E-state index contributed by atoms with van der Waals surface area (Å²) in [6.07, 6.45) is -3.71. The van der Waals surface area contributed by atoms with E-state index in [0.29, 0.717) is 51.0 Å². The van der Waals surface area contributed by atoms with Crippen molar-refractivity contribution >= 4 is 68.0 Å². The molecule has 0 spiro atoms. The van der Waals surface area contributed by atoms with E-state index in [0.717, 1.165) is 72.6 Å². The van der Waals surface area contributed by atoms with Gasteiger partial charge in [0.05, 0.1) is 51.5 Å². The summed E-state index contributed by atoms with van der Waals surface area (Å²) < 4.78 is 45.5. The number of nitrogens with zero attached hydrogens (tertiary/aromatic N) is 6. The molecule has 352 valence electrons. The first-order valence-corrected chi connectivity index (χ1v) is 24.1. The molecule has 2 aromatic heterocycles. The summed E-state index contributed by atoms with van der Waals surface area (Å²) in [6.45, 7) is 4.18. The van der Waals surface area contributed by atoms with Crippen LogP contribution in [0.3, 0.4) is 0 Å². The molecule has 0 saturated carbocycles. The molecule has 10 rings (SSSR count). The summed E-state index contributed by atoms with van der Waals surface area (Å²) in [6, 6.07) is 57.1. The van der Waals surface area contributed by atoms with Gasteiger partial charge >= 0.3 is 6.18 Å². The molecule has 0 radical (unpaired) electrons. The van der Waals surface area contributed by atoms with E-state index < -0.39 is 11.7 Å². The molecular weight excluding hydrogens is 956 g/mol. The molecule has 0 bridgehead atoms. The van der Waals surface area contributed by atoms with Crippen LogP contribution in [0.15, 0.2) is 182 Å². The lowest BCUT2D eigenvalue weighted by molar-refractivity contribution is -0.138. The molecule has 0 aliphatic rings. The molecule has 0 saturated heterocycles. The van der Waals surface area contributed by atoms with Crippen LogP contribution in [-0.2, 0) is 32.1 Å². The highest BCUT2D eigenvalue weighted by molar-refractivity contribution is 6.36. The average Bonchev–Trinajstić information content (AvgIpc) is 3.36. The first-order valence-electron chi connectivity index (χ1n) is 23.0. The van der Waals surface area contributed by atoms with Gasteiger partial charge in [-0.15, -0.1) is 10.2 Å². The number of alkyl halides is 3. The van der Waals surface area contributed by atoms with Gasteiger partial charge in [0, 0.05) is 39.8 Å². The van der Waals surface area contributed by atoms with Gasteiger partial charge in [0.25, 0.3) is 0 Å². The smallest absolute Gasteiger partial charge is 0.281 e. The zero-order valence-corrected chi connectivity index (χ0v) is 40.9. The van der Waals surface area contributed by atoms with Crippen LogP contribution < -0.4 is 10.0 Å². The molecule has 0 N–H and O–H groups in total. The van der Waals surface area contributed by atoms with Crippen LogP contribution in [0.5, 0.6) is 0 Å². The maximum absolute atomic E-state index is 15.2. The normalized spacial score (nSPS) is 11.6. The third-order valence-electron chi connectivity index (χ3n) is 12.9. The Bertz CT molecular complexity index is 3570. The van der Waals surface area contributed by atoms with Gasteiger partial charge in [-0.1, -0.05) is 162 Å². The highest BCUT2D eigenvalue weighted by atomic mass is 35.5. The number of fused-ring (bicyclic) bond motifs is 2. The molecule has 6 nitrogen and oxygen atoms in total. The first-order chi connectivity index (χ1) is 34.4. The van der Waals surface area contributed by atoms with Crippen LogP contribution in [0.4, 0.5) is 24.5 Å². The minimum Gasteiger partial charge on any atom is -0.281 e. The van der Waals surface area contributed by atoms with Gasteiger partial charge < -0.3 is 0 Å². The average molecular weight is 1000 g/mol. The fourth-order valence-electron chi connectivity index (χ4n) is 9.29. The van der Waals surface area contributed by atoms with E-state index in [9.17, 15) is 0 Å². The zero-order valence-electron chi connectivity index (χ0n) is 38.6. The van der Waals surface area contributed by atoms with Crippen LogP contribution in [0.25, 0.3) is 44.1 Å². The van der Waals surface area contributed by atoms with E-state index in [1.807, 2.05) is 126 Å². The zero-order chi connectivity index (χ0) is 49.2. The van der Waals surface area contributed by atoms with E-state index in [-0.39, 0.29) is 23.7 Å². The molecule has 0 atom stereocenters. The summed E-state index contributed by atoms with van der Waals surface area (Å²) >= 11 is 20.2. The Morgan fingerprint density at radius 1 is 0.465 bits per heavy atom. The number of rotatable bonds is 13. The van der Waals surface area contributed by atoms with Crippen LogP contribution in [0.1, 0.15) is 50.3 Å². The SMILES string of the molecule is Cc1cccc(CN(c2cccc(-c3c(Cc4ccccc4)nnc4c(Cl)cccc34)c2)N(Cc2cc(Cl)ccc2C(F)(F)F)c2cccc(-c3c(Cc4ccccc4)nnc4c(Cl)cccc34)c2)c1C. The molecule has 12 heteroatoms. The predicted molar refractivity (Wildman–Crippen MR) is 283 cm³/mol. The minimum absolute atomic E-state index is 0.00536. The van der Waals surface area contributed by atoms with Gasteiger partial charge in [-0.2, -0.15) is 23.4 Å². The Balaban J connectivity index is 1.21. The topological polar surface area (TPSA) is 58.0 Å². The van der Waals surface area contributed by atoms with Crippen LogP contribution in [-0.4, -0.2) is 20.4 Å². The Kier molecular flexibility index (Phi) is 13.5. The first kappa shape index (κ1) is 47.4. The number of halogens is 6. The fourth-order valence-corrected chi connectivity index (χ4v) is 9.91. The largest absolute Gasteiger partial charge is 0.416 e. The molecule has 0 amide bonds. The van der Waals surface area contributed by atoms with E-state index >= 15 is 13.2 Å². The number of aryl methyl sites for hydroxylation is 1. The second-order valence-electron chi connectivity index (χ2n) is 17.5. The van der Waals surface area contributed by atoms with E-state index in [1.54, 1.807) is 12.1 Å². The lowest BCUT2D eigenvalue weighted by Crippen LogP contribution is -2.43. The summed E-state index contributed by atoms with van der Waals surface area (Å²) in [5.41, 5.74) is 11.5. The third kappa shape index (κ3) is 10.0. The second-order valence-corrected chi connectivity index (χ2v) is 18.8. The molecule has 10 aromatic rings. The van der Waals surface area contributed by atoms with E-state index in [4.69, 9.17) is 45.0 Å². The highest BCUT2D eigenvalue weighted by Crippen LogP contribution is 2.41. The monoisotopic (exact) mass is 998 g/mol. The molecule has 0 aliphatic heterocycles. The fraction of sp³-hybridized carbons (Fsp3) is 0.119. The van der Waals surface area contributed by atoms with E-state index in [2.05, 4.69) is 59.4 Å². The van der Waals surface area contributed by atoms with Gasteiger partial charge in [-0.05, 0) is 113 Å². The second kappa shape index (κ2) is 20.2. The molecule has 2 heterocycles. The molecule has 0 aliphatic carbocycles. The van der Waals surface area contributed by atoms with E-state index in [1.165, 1.54) is 12.1 Å². The summed E-state index contributed by atoms with van der Waals surface area (Å²) in [5.74, 6) is 0. The van der Waals surface area contributed by atoms with Gasteiger partial charge in [0.2, 0.25) is 0 Å². The molecule has 8 aromatic carbocycles. The predicted octanol–water partition coefficient (Wildman–Crippen LogP) is 16.3. The van der Waals surface area contributed by atoms with Crippen molar-refractivity contribution in [1.82, 2.24) is 20.4 Å². The Labute approximate surface area is 424 Å². The Hall–Kier alpha value is -7.30. The maximum Gasteiger partial charge on any atom is 0.416 e. The highest BCUT2D eigenvalue weighted by Gasteiger charge is 2.35. The number of hydrazine groups is 1. The van der Waals surface area contributed by atoms with Crippen molar-refractivity contribution in [1.29, 1.82) is 0 Å². The van der Waals surface area contributed by atoms with Crippen molar-refractivity contribution in [2.45, 2.75) is 46.0 Å². The van der Waals surface area contributed by atoms with Crippen molar-refractivity contribution in [3.05, 3.63) is 247 Å². The van der Waals surface area contributed by atoms with Gasteiger partial charge in [-0.3, -0.25) is 10.0 Å². The minimum atomic E-state index is -4.68. The van der Waals surface area contributed by atoms with Gasteiger partial charge in [0.15, 0.2) is 0 Å². The summed E-state index contributed by atoms with van der Waals surface area (Å²) in [7, 11) is 0. The third-order valence-corrected chi connectivity index (χ3v) is 13.8. The number of benzene rings is 8.